The van der Waals surface area contributed by atoms with E-state index in [1.807, 2.05) is 23.9 Å². The summed E-state index contributed by atoms with van der Waals surface area (Å²) in [4.78, 5) is 0. The Morgan fingerprint density at radius 2 is 2.06 bits per heavy atom. The zero-order valence-corrected chi connectivity index (χ0v) is 12.0. The minimum absolute atomic E-state index is 0.383. The van der Waals surface area contributed by atoms with Crippen molar-refractivity contribution in [3.8, 4) is 0 Å². The fraction of sp³-hybridized carbons (Fsp3) is 0.500. The van der Waals surface area contributed by atoms with Crippen LogP contribution in [0.3, 0.4) is 0 Å². The van der Waals surface area contributed by atoms with Gasteiger partial charge in [0.1, 0.15) is 0 Å². The molecule has 0 spiro atoms. The molecular weight excluding hydrogens is 284 g/mol. The molecule has 90 valence electrons. The Kier molecular flexibility index (Phi) is 6.92. The molecule has 0 aliphatic heterocycles. The molecule has 0 bridgehead atoms. The Bertz CT molecular complexity index is 290. The lowest BCUT2D eigenvalue weighted by Gasteiger charge is -2.17. The lowest BCUT2D eigenvalue weighted by Crippen LogP contribution is -2.28. The zero-order chi connectivity index (χ0) is 11.8. The van der Waals surface area contributed by atoms with E-state index in [1.54, 1.807) is 0 Å². The molecule has 0 amide bonds. The SMILES string of the molecule is CSCCCC(CN)Nc1ccc(Br)cc1. The van der Waals surface area contributed by atoms with Crippen LogP contribution in [0.25, 0.3) is 0 Å². The smallest absolute Gasteiger partial charge is 0.0384 e. The van der Waals surface area contributed by atoms with Crippen molar-refractivity contribution in [3.63, 3.8) is 0 Å². The summed E-state index contributed by atoms with van der Waals surface area (Å²) in [7, 11) is 0. The molecule has 0 aliphatic rings. The second-order valence-corrected chi connectivity index (χ2v) is 5.62. The molecule has 1 atom stereocenters. The van der Waals surface area contributed by atoms with E-state index in [2.05, 4.69) is 39.6 Å². The van der Waals surface area contributed by atoms with Crippen LogP contribution in [0.1, 0.15) is 12.8 Å². The van der Waals surface area contributed by atoms with E-state index in [9.17, 15) is 0 Å². The van der Waals surface area contributed by atoms with Crippen LogP contribution < -0.4 is 11.1 Å². The van der Waals surface area contributed by atoms with Gasteiger partial charge in [0.15, 0.2) is 0 Å². The van der Waals surface area contributed by atoms with Gasteiger partial charge in [-0.15, -0.1) is 0 Å². The van der Waals surface area contributed by atoms with Gasteiger partial charge in [0.2, 0.25) is 0 Å². The van der Waals surface area contributed by atoms with Crippen LogP contribution in [0.4, 0.5) is 5.69 Å². The third-order valence-corrected chi connectivity index (χ3v) is 3.63. The van der Waals surface area contributed by atoms with Crippen LogP contribution in [0.15, 0.2) is 28.7 Å². The summed E-state index contributed by atoms with van der Waals surface area (Å²) >= 11 is 5.31. The molecule has 16 heavy (non-hydrogen) atoms. The van der Waals surface area contributed by atoms with Crippen LogP contribution in [0, 0.1) is 0 Å². The topological polar surface area (TPSA) is 38.0 Å². The maximum absolute atomic E-state index is 5.75. The number of nitrogens with two attached hydrogens (primary N) is 1. The Balaban J connectivity index is 2.40. The molecule has 4 heteroatoms. The van der Waals surface area contributed by atoms with Gasteiger partial charge in [0, 0.05) is 22.7 Å². The predicted octanol–water partition coefficient (Wildman–Crippen LogP) is 3.33. The Hall–Kier alpha value is -0.190. The fourth-order valence-corrected chi connectivity index (χ4v) is 2.22. The standard InChI is InChI=1S/C12H19BrN2S/c1-16-8-2-3-12(9-14)15-11-6-4-10(13)5-7-11/h4-7,12,15H,2-3,8-9,14H2,1H3. The zero-order valence-electron chi connectivity index (χ0n) is 9.58. The molecule has 1 aromatic carbocycles. The van der Waals surface area contributed by atoms with Gasteiger partial charge in [-0.05, 0) is 49.1 Å². The molecule has 0 saturated carbocycles. The van der Waals surface area contributed by atoms with Gasteiger partial charge < -0.3 is 11.1 Å². The van der Waals surface area contributed by atoms with Crippen molar-refractivity contribution in [3.05, 3.63) is 28.7 Å². The largest absolute Gasteiger partial charge is 0.381 e. The molecule has 0 aliphatic carbocycles. The van der Waals surface area contributed by atoms with Gasteiger partial charge in [-0.1, -0.05) is 15.9 Å². The molecule has 1 unspecified atom stereocenters. The minimum Gasteiger partial charge on any atom is -0.381 e. The molecule has 0 heterocycles. The third-order valence-electron chi connectivity index (χ3n) is 2.40. The number of hydrogen-bond acceptors (Lipinski definition) is 3. The van der Waals surface area contributed by atoms with Crippen molar-refractivity contribution in [2.75, 3.05) is 23.9 Å². The van der Waals surface area contributed by atoms with E-state index in [-0.39, 0.29) is 0 Å². The van der Waals surface area contributed by atoms with E-state index in [0.717, 1.165) is 16.6 Å². The molecule has 0 saturated heterocycles. The van der Waals surface area contributed by atoms with Crippen molar-refractivity contribution >= 4 is 33.4 Å². The molecule has 1 aromatic rings. The first kappa shape index (κ1) is 13.9. The monoisotopic (exact) mass is 302 g/mol. The van der Waals surface area contributed by atoms with E-state index >= 15 is 0 Å². The molecule has 1 rings (SSSR count). The second-order valence-electron chi connectivity index (χ2n) is 3.72. The average molecular weight is 303 g/mol. The van der Waals surface area contributed by atoms with E-state index in [0.29, 0.717) is 12.6 Å². The fourth-order valence-electron chi connectivity index (χ4n) is 1.50. The summed E-state index contributed by atoms with van der Waals surface area (Å²) in [6, 6.07) is 8.60. The van der Waals surface area contributed by atoms with Crippen LogP contribution in [0.2, 0.25) is 0 Å². The molecular formula is C12H19BrN2S. The lowest BCUT2D eigenvalue weighted by atomic mass is 10.1. The van der Waals surface area contributed by atoms with Crippen molar-refractivity contribution in [2.24, 2.45) is 5.73 Å². The van der Waals surface area contributed by atoms with E-state index < -0.39 is 0 Å². The summed E-state index contributed by atoms with van der Waals surface area (Å²) in [5.74, 6) is 1.21. The molecule has 0 radical (unpaired) electrons. The molecule has 0 aromatic heterocycles. The highest BCUT2D eigenvalue weighted by molar-refractivity contribution is 9.10. The van der Waals surface area contributed by atoms with Gasteiger partial charge in [0.25, 0.3) is 0 Å². The average Bonchev–Trinajstić information content (AvgIpc) is 2.31. The number of thioether (sulfide) groups is 1. The Morgan fingerprint density at radius 3 is 2.62 bits per heavy atom. The van der Waals surface area contributed by atoms with E-state index in [1.165, 1.54) is 12.2 Å². The van der Waals surface area contributed by atoms with Crippen molar-refractivity contribution < 1.29 is 0 Å². The van der Waals surface area contributed by atoms with Gasteiger partial charge in [0.05, 0.1) is 0 Å². The van der Waals surface area contributed by atoms with Crippen molar-refractivity contribution in [2.45, 2.75) is 18.9 Å². The lowest BCUT2D eigenvalue weighted by molar-refractivity contribution is 0.652. The first-order valence-corrected chi connectivity index (χ1v) is 7.66. The number of benzene rings is 1. The Morgan fingerprint density at radius 1 is 1.38 bits per heavy atom. The van der Waals surface area contributed by atoms with Crippen LogP contribution in [-0.4, -0.2) is 24.6 Å². The summed E-state index contributed by atoms with van der Waals surface area (Å²) in [5, 5.41) is 3.46. The van der Waals surface area contributed by atoms with Crippen LogP contribution in [0.5, 0.6) is 0 Å². The highest BCUT2D eigenvalue weighted by atomic mass is 79.9. The Labute approximate surface area is 111 Å². The van der Waals surface area contributed by atoms with Gasteiger partial charge >= 0.3 is 0 Å². The van der Waals surface area contributed by atoms with Crippen molar-refractivity contribution in [1.82, 2.24) is 0 Å². The first-order valence-electron chi connectivity index (χ1n) is 5.47. The number of nitrogens with one attached hydrogen (secondary N) is 1. The summed E-state index contributed by atoms with van der Waals surface area (Å²) in [6.07, 6.45) is 4.49. The van der Waals surface area contributed by atoms with Gasteiger partial charge in [-0.2, -0.15) is 11.8 Å². The summed E-state index contributed by atoms with van der Waals surface area (Å²) in [6.45, 7) is 0.685. The number of anilines is 1. The van der Waals surface area contributed by atoms with E-state index in [4.69, 9.17) is 5.73 Å². The highest BCUT2D eigenvalue weighted by Crippen LogP contribution is 2.16. The molecule has 0 fully saturated rings. The minimum atomic E-state index is 0.383. The molecule has 2 nitrogen and oxygen atoms in total. The first-order chi connectivity index (χ1) is 7.76. The quantitative estimate of drug-likeness (QED) is 0.759. The predicted molar refractivity (Wildman–Crippen MR) is 78.2 cm³/mol. The third kappa shape index (κ3) is 5.23. The maximum atomic E-state index is 5.75. The second kappa shape index (κ2) is 7.98. The number of hydrogen-bond donors (Lipinski definition) is 2. The molecule has 3 N–H and O–H groups in total. The van der Waals surface area contributed by atoms with Crippen molar-refractivity contribution in [1.29, 1.82) is 0 Å². The normalized spacial score (nSPS) is 12.4. The van der Waals surface area contributed by atoms with Crippen LogP contribution in [-0.2, 0) is 0 Å². The number of rotatable bonds is 7. The summed E-state index contributed by atoms with van der Waals surface area (Å²) < 4.78 is 1.10. The van der Waals surface area contributed by atoms with Gasteiger partial charge in [-0.3, -0.25) is 0 Å². The maximum Gasteiger partial charge on any atom is 0.0384 e. The summed E-state index contributed by atoms with van der Waals surface area (Å²) in [5.41, 5.74) is 6.90. The van der Waals surface area contributed by atoms with Crippen LogP contribution >= 0.6 is 27.7 Å². The highest BCUT2D eigenvalue weighted by Gasteiger charge is 2.05. The number of halogens is 1. The van der Waals surface area contributed by atoms with Gasteiger partial charge in [-0.25, -0.2) is 0 Å².